The van der Waals surface area contributed by atoms with Gasteiger partial charge in [-0.25, -0.2) is 0 Å². The molecule has 18 heavy (non-hydrogen) atoms. The molecular weight excluding hydrogens is 226 g/mol. The number of ether oxygens (including phenoxy) is 1. The highest BCUT2D eigenvalue weighted by molar-refractivity contribution is 5.76. The number of carbonyl (C=O) groups excluding carboxylic acids is 1. The Morgan fingerprint density at radius 1 is 1.22 bits per heavy atom. The highest BCUT2D eigenvalue weighted by Crippen LogP contribution is 2.36. The van der Waals surface area contributed by atoms with Crippen molar-refractivity contribution in [3.05, 3.63) is 0 Å². The van der Waals surface area contributed by atoms with Gasteiger partial charge in [-0.3, -0.25) is 4.79 Å². The smallest absolute Gasteiger partial charge is 0.323 e. The minimum Gasteiger partial charge on any atom is -0.461 e. The van der Waals surface area contributed by atoms with Gasteiger partial charge in [0.15, 0.2) is 0 Å². The molecule has 1 aliphatic heterocycles. The molecule has 0 radical (unpaired) electrons. The summed E-state index contributed by atoms with van der Waals surface area (Å²) < 4.78 is 5.69. The Morgan fingerprint density at radius 2 is 1.89 bits per heavy atom. The van der Waals surface area contributed by atoms with Gasteiger partial charge in [0.1, 0.15) is 12.1 Å². The summed E-state index contributed by atoms with van der Waals surface area (Å²) in [6.07, 6.45) is 6.84. The molecule has 2 rings (SSSR count). The van der Waals surface area contributed by atoms with E-state index in [1.165, 1.54) is 19.3 Å². The zero-order valence-electron chi connectivity index (χ0n) is 12.0. The summed E-state index contributed by atoms with van der Waals surface area (Å²) in [5.41, 5.74) is 0.430. The molecule has 1 saturated carbocycles. The maximum atomic E-state index is 12.2. The van der Waals surface area contributed by atoms with Gasteiger partial charge in [0, 0.05) is 0 Å². The Balaban J connectivity index is 1.81. The average molecular weight is 253 g/mol. The monoisotopic (exact) mass is 253 g/mol. The summed E-state index contributed by atoms with van der Waals surface area (Å²) in [6, 6.07) is -0.0753. The van der Waals surface area contributed by atoms with Gasteiger partial charge in [-0.1, -0.05) is 20.8 Å². The Hall–Kier alpha value is -0.570. The molecule has 2 unspecified atom stereocenters. The second kappa shape index (κ2) is 5.60. The van der Waals surface area contributed by atoms with Crippen LogP contribution in [0.4, 0.5) is 0 Å². The van der Waals surface area contributed by atoms with Crippen LogP contribution in [0.15, 0.2) is 0 Å². The van der Waals surface area contributed by atoms with Gasteiger partial charge in [-0.15, -0.1) is 0 Å². The van der Waals surface area contributed by atoms with Crippen LogP contribution in [0.1, 0.15) is 59.3 Å². The van der Waals surface area contributed by atoms with E-state index in [2.05, 4.69) is 26.1 Å². The van der Waals surface area contributed by atoms with Crippen LogP contribution in [0.3, 0.4) is 0 Å². The van der Waals surface area contributed by atoms with Crippen LogP contribution in [0.25, 0.3) is 0 Å². The van der Waals surface area contributed by atoms with Crippen LogP contribution in [0, 0.1) is 11.3 Å². The standard InChI is InChI=1S/C15H27NO2/c1-11-5-4-10-16-13(11)14(17)18-12-6-8-15(2,3)9-7-12/h11-13,16H,4-10H2,1-3H3. The van der Waals surface area contributed by atoms with Crippen molar-refractivity contribution >= 4 is 5.97 Å². The van der Waals surface area contributed by atoms with E-state index in [0.29, 0.717) is 11.3 Å². The van der Waals surface area contributed by atoms with E-state index >= 15 is 0 Å². The molecule has 1 aliphatic carbocycles. The molecule has 1 saturated heterocycles. The van der Waals surface area contributed by atoms with Gasteiger partial charge in [-0.05, 0) is 56.4 Å². The third kappa shape index (κ3) is 3.47. The van der Waals surface area contributed by atoms with Crippen LogP contribution in [-0.2, 0) is 9.53 Å². The molecule has 0 aromatic heterocycles. The molecule has 3 nitrogen and oxygen atoms in total. The summed E-state index contributed by atoms with van der Waals surface area (Å²) in [4.78, 5) is 12.2. The molecule has 2 fully saturated rings. The van der Waals surface area contributed by atoms with E-state index in [1.54, 1.807) is 0 Å². The van der Waals surface area contributed by atoms with E-state index in [0.717, 1.165) is 25.8 Å². The van der Waals surface area contributed by atoms with Crippen molar-refractivity contribution in [1.29, 1.82) is 0 Å². The van der Waals surface area contributed by atoms with Crippen molar-refractivity contribution in [2.45, 2.75) is 71.4 Å². The lowest BCUT2D eigenvalue weighted by Crippen LogP contribution is -2.47. The molecule has 1 N–H and O–H groups in total. The predicted molar refractivity (Wildman–Crippen MR) is 72.3 cm³/mol. The van der Waals surface area contributed by atoms with Crippen LogP contribution >= 0.6 is 0 Å². The lowest BCUT2D eigenvalue weighted by atomic mass is 9.76. The topological polar surface area (TPSA) is 38.3 Å². The first-order valence-corrected chi connectivity index (χ1v) is 7.42. The third-order valence-electron chi connectivity index (χ3n) is 4.59. The Morgan fingerprint density at radius 3 is 2.50 bits per heavy atom. The molecule has 0 aromatic carbocycles. The second-order valence-electron chi connectivity index (χ2n) is 6.85. The fourth-order valence-corrected chi connectivity index (χ4v) is 3.09. The van der Waals surface area contributed by atoms with Crippen LogP contribution < -0.4 is 5.32 Å². The van der Waals surface area contributed by atoms with Crippen molar-refractivity contribution in [2.24, 2.45) is 11.3 Å². The van der Waals surface area contributed by atoms with Gasteiger partial charge in [-0.2, -0.15) is 0 Å². The normalized spacial score (nSPS) is 33.1. The molecule has 0 bridgehead atoms. The van der Waals surface area contributed by atoms with E-state index in [1.807, 2.05) is 0 Å². The first-order chi connectivity index (χ1) is 8.48. The van der Waals surface area contributed by atoms with Crippen LogP contribution in [0.5, 0.6) is 0 Å². The SMILES string of the molecule is CC1CCCNC1C(=O)OC1CCC(C)(C)CC1. The molecule has 2 atom stereocenters. The molecule has 0 spiro atoms. The highest BCUT2D eigenvalue weighted by atomic mass is 16.5. The minimum atomic E-state index is -0.0753. The summed E-state index contributed by atoms with van der Waals surface area (Å²) in [7, 11) is 0. The first-order valence-electron chi connectivity index (χ1n) is 7.42. The predicted octanol–water partition coefficient (Wildman–Crippen LogP) is 2.89. The van der Waals surface area contributed by atoms with Crippen molar-refractivity contribution in [3.63, 3.8) is 0 Å². The van der Waals surface area contributed by atoms with Crippen molar-refractivity contribution in [3.8, 4) is 0 Å². The second-order valence-corrected chi connectivity index (χ2v) is 6.85. The fourth-order valence-electron chi connectivity index (χ4n) is 3.09. The number of piperidine rings is 1. The molecule has 0 aromatic rings. The highest BCUT2D eigenvalue weighted by Gasteiger charge is 2.33. The number of rotatable bonds is 2. The van der Waals surface area contributed by atoms with E-state index in [9.17, 15) is 4.79 Å². The van der Waals surface area contributed by atoms with Crippen LogP contribution in [0.2, 0.25) is 0 Å². The number of esters is 1. The average Bonchev–Trinajstić information content (AvgIpc) is 2.32. The molecule has 1 heterocycles. The summed E-state index contributed by atoms with van der Waals surface area (Å²) in [5.74, 6) is 0.387. The zero-order valence-corrected chi connectivity index (χ0v) is 12.0. The van der Waals surface area contributed by atoms with Crippen molar-refractivity contribution in [1.82, 2.24) is 5.32 Å². The number of hydrogen-bond donors (Lipinski definition) is 1. The first kappa shape index (κ1) is 13.9. The van der Waals surface area contributed by atoms with Crippen molar-refractivity contribution in [2.75, 3.05) is 6.54 Å². The Labute approximate surface area is 111 Å². The number of hydrogen-bond acceptors (Lipinski definition) is 3. The zero-order chi connectivity index (χ0) is 13.2. The minimum absolute atomic E-state index is 0.0214. The van der Waals surface area contributed by atoms with Gasteiger partial charge in [0.2, 0.25) is 0 Å². The number of nitrogens with one attached hydrogen (secondary N) is 1. The van der Waals surface area contributed by atoms with Crippen LogP contribution in [-0.4, -0.2) is 24.7 Å². The maximum absolute atomic E-state index is 12.2. The summed E-state index contributed by atoms with van der Waals surface area (Å²) in [5, 5.41) is 3.30. The fraction of sp³-hybridized carbons (Fsp3) is 0.933. The molecule has 2 aliphatic rings. The maximum Gasteiger partial charge on any atom is 0.323 e. The quantitative estimate of drug-likeness (QED) is 0.769. The molecule has 104 valence electrons. The lowest BCUT2D eigenvalue weighted by molar-refractivity contribution is -0.156. The molecule has 3 heteroatoms. The molecular formula is C15H27NO2. The summed E-state index contributed by atoms with van der Waals surface area (Å²) in [6.45, 7) is 7.69. The van der Waals surface area contributed by atoms with Crippen molar-refractivity contribution < 1.29 is 9.53 Å². The van der Waals surface area contributed by atoms with E-state index in [4.69, 9.17) is 4.74 Å². The molecule has 0 amide bonds. The lowest BCUT2D eigenvalue weighted by Gasteiger charge is -2.35. The third-order valence-corrected chi connectivity index (χ3v) is 4.59. The number of carbonyl (C=O) groups is 1. The van der Waals surface area contributed by atoms with E-state index in [-0.39, 0.29) is 18.1 Å². The Kier molecular flexibility index (Phi) is 4.31. The summed E-state index contributed by atoms with van der Waals surface area (Å²) >= 11 is 0. The van der Waals surface area contributed by atoms with Gasteiger partial charge < -0.3 is 10.1 Å². The van der Waals surface area contributed by atoms with Gasteiger partial charge in [0.05, 0.1) is 0 Å². The van der Waals surface area contributed by atoms with Gasteiger partial charge in [0.25, 0.3) is 0 Å². The largest absolute Gasteiger partial charge is 0.461 e. The van der Waals surface area contributed by atoms with Gasteiger partial charge >= 0.3 is 5.97 Å². The Bertz CT molecular complexity index is 291. The van der Waals surface area contributed by atoms with E-state index < -0.39 is 0 Å².